The highest BCUT2D eigenvalue weighted by atomic mass is 19.1. The first kappa shape index (κ1) is 20.3. The van der Waals surface area contributed by atoms with Gasteiger partial charge in [0.1, 0.15) is 5.82 Å². The van der Waals surface area contributed by atoms with Gasteiger partial charge in [0, 0.05) is 24.6 Å². The molecule has 0 bridgehead atoms. The van der Waals surface area contributed by atoms with Crippen LogP contribution in [0.15, 0.2) is 53.1 Å². The van der Waals surface area contributed by atoms with Crippen LogP contribution in [0.4, 0.5) is 4.39 Å². The zero-order valence-corrected chi connectivity index (χ0v) is 17.6. The summed E-state index contributed by atoms with van der Waals surface area (Å²) in [6.07, 6.45) is 1.48. The van der Waals surface area contributed by atoms with Crippen LogP contribution in [0.2, 0.25) is 0 Å². The molecule has 6 heteroatoms. The minimum Gasteiger partial charge on any atom is -0.339 e. The Morgan fingerprint density at radius 2 is 1.73 bits per heavy atom. The van der Waals surface area contributed by atoms with Crippen LogP contribution in [-0.2, 0) is 5.41 Å². The summed E-state index contributed by atoms with van der Waals surface area (Å²) in [6, 6.07) is 14.3. The maximum atomic E-state index is 14.0. The number of hydrogen-bond acceptors (Lipinski definition) is 4. The van der Waals surface area contributed by atoms with E-state index >= 15 is 0 Å². The molecular weight excluding hydrogens is 381 g/mol. The van der Waals surface area contributed by atoms with Crippen LogP contribution in [-0.4, -0.2) is 34.0 Å². The molecular formula is C24H26FN3O2. The first-order valence-electron chi connectivity index (χ1n) is 10.3. The molecule has 1 fully saturated rings. The van der Waals surface area contributed by atoms with Crippen LogP contribution >= 0.6 is 0 Å². The predicted molar refractivity (Wildman–Crippen MR) is 113 cm³/mol. The van der Waals surface area contributed by atoms with E-state index in [-0.39, 0.29) is 28.9 Å². The van der Waals surface area contributed by atoms with Gasteiger partial charge in [-0.1, -0.05) is 50.2 Å². The van der Waals surface area contributed by atoms with Crippen LogP contribution in [0.3, 0.4) is 0 Å². The smallest absolute Gasteiger partial charge is 0.253 e. The van der Waals surface area contributed by atoms with Gasteiger partial charge in [0.05, 0.1) is 5.56 Å². The molecule has 156 valence electrons. The molecule has 2 aromatic carbocycles. The fourth-order valence-electron chi connectivity index (χ4n) is 3.78. The molecule has 0 atom stereocenters. The Balaban J connectivity index is 1.39. The van der Waals surface area contributed by atoms with Gasteiger partial charge in [0.2, 0.25) is 11.7 Å². The summed E-state index contributed by atoms with van der Waals surface area (Å²) in [5.74, 6) is 0.523. The first-order chi connectivity index (χ1) is 14.3. The number of likely N-dealkylation sites (tertiary alicyclic amines) is 1. The van der Waals surface area contributed by atoms with Crippen molar-refractivity contribution in [2.24, 2.45) is 0 Å². The highest BCUT2D eigenvalue weighted by Gasteiger charge is 2.28. The monoisotopic (exact) mass is 407 g/mol. The fraction of sp³-hybridized carbons (Fsp3) is 0.375. The molecule has 0 radical (unpaired) electrons. The molecule has 0 saturated carbocycles. The molecule has 2 heterocycles. The van der Waals surface area contributed by atoms with Gasteiger partial charge >= 0.3 is 0 Å². The Morgan fingerprint density at radius 3 is 2.37 bits per heavy atom. The van der Waals surface area contributed by atoms with E-state index in [1.54, 1.807) is 18.2 Å². The second-order valence-corrected chi connectivity index (χ2v) is 8.83. The van der Waals surface area contributed by atoms with Gasteiger partial charge in [-0.2, -0.15) is 4.98 Å². The van der Waals surface area contributed by atoms with Crippen LogP contribution in [0.25, 0.3) is 11.4 Å². The van der Waals surface area contributed by atoms with E-state index in [2.05, 4.69) is 30.9 Å². The van der Waals surface area contributed by atoms with Crippen LogP contribution in [0, 0.1) is 5.82 Å². The highest BCUT2D eigenvalue weighted by Crippen LogP contribution is 2.30. The van der Waals surface area contributed by atoms with Gasteiger partial charge < -0.3 is 9.42 Å². The maximum absolute atomic E-state index is 14.0. The lowest BCUT2D eigenvalue weighted by Gasteiger charge is -2.30. The number of halogens is 1. The van der Waals surface area contributed by atoms with Crippen molar-refractivity contribution in [2.75, 3.05) is 13.1 Å². The largest absolute Gasteiger partial charge is 0.339 e. The summed E-state index contributed by atoms with van der Waals surface area (Å²) in [5.41, 5.74) is 2.31. The lowest BCUT2D eigenvalue weighted by Crippen LogP contribution is -2.38. The second-order valence-electron chi connectivity index (χ2n) is 8.83. The van der Waals surface area contributed by atoms with Gasteiger partial charge in [-0.15, -0.1) is 0 Å². The van der Waals surface area contributed by atoms with Crippen molar-refractivity contribution in [3.05, 3.63) is 71.4 Å². The summed E-state index contributed by atoms with van der Waals surface area (Å²) >= 11 is 0. The molecule has 30 heavy (non-hydrogen) atoms. The molecule has 1 amide bonds. The van der Waals surface area contributed by atoms with Crippen molar-refractivity contribution < 1.29 is 13.7 Å². The molecule has 1 saturated heterocycles. The Labute approximate surface area is 175 Å². The molecule has 0 N–H and O–H groups in total. The Morgan fingerprint density at radius 1 is 1.07 bits per heavy atom. The number of benzene rings is 2. The topological polar surface area (TPSA) is 59.2 Å². The number of carbonyl (C=O) groups is 1. The summed E-state index contributed by atoms with van der Waals surface area (Å²) in [4.78, 5) is 19.1. The average Bonchev–Trinajstić information content (AvgIpc) is 3.23. The van der Waals surface area contributed by atoms with E-state index < -0.39 is 0 Å². The van der Waals surface area contributed by atoms with Crippen molar-refractivity contribution in [1.82, 2.24) is 15.0 Å². The summed E-state index contributed by atoms with van der Waals surface area (Å²) in [7, 11) is 0. The van der Waals surface area contributed by atoms with Crippen LogP contribution in [0.5, 0.6) is 0 Å². The van der Waals surface area contributed by atoms with Gasteiger partial charge in [0.15, 0.2) is 0 Å². The molecule has 5 nitrogen and oxygen atoms in total. The van der Waals surface area contributed by atoms with Gasteiger partial charge in [0.25, 0.3) is 5.91 Å². The van der Waals surface area contributed by atoms with Crippen molar-refractivity contribution >= 4 is 5.91 Å². The van der Waals surface area contributed by atoms with Crippen LogP contribution < -0.4 is 0 Å². The van der Waals surface area contributed by atoms with Crippen molar-refractivity contribution in [1.29, 1.82) is 0 Å². The molecule has 0 spiro atoms. The normalized spacial score (nSPS) is 15.4. The Kier molecular flexibility index (Phi) is 5.41. The molecule has 0 aliphatic carbocycles. The lowest BCUT2D eigenvalue weighted by atomic mass is 9.86. The number of rotatable bonds is 3. The minimum absolute atomic E-state index is 0.0477. The number of piperidine rings is 1. The van der Waals surface area contributed by atoms with Crippen molar-refractivity contribution in [2.45, 2.75) is 44.9 Å². The summed E-state index contributed by atoms with van der Waals surface area (Å²) < 4.78 is 19.4. The SMILES string of the molecule is CC(C)(C)c1ccc(C(=O)N2CCC(c3nc(-c4ccccc4F)no3)CC2)cc1. The predicted octanol–water partition coefficient (Wildman–Crippen LogP) is 5.19. The van der Waals surface area contributed by atoms with E-state index in [4.69, 9.17) is 4.52 Å². The molecule has 1 aliphatic rings. The van der Waals surface area contributed by atoms with E-state index in [9.17, 15) is 9.18 Å². The molecule has 1 aromatic heterocycles. The third-order valence-corrected chi connectivity index (χ3v) is 5.69. The molecule has 0 unspecified atom stereocenters. The number of aromatic nitrogens is 2. The maximum Gasteiger partial charge on any atom is 0.253 e. The van der Waals surface area contributed by atoms with Gasteiger partial charge in [-0.3, -0.25) is 4.79 Å². The average molecular weight is 407 g/mol. The van der Waals surface area contributed by atoms with E-state index in [1.807, 2.05) is 29.2 Å². The van der Waals surface area contributed by atoms with Gasteiger partial charge in [-0.05, 0) is 48.1 Å². The number of nitrogens with zero attached hydrogens (tertiary/aromatic N) is 3. The third-order valence-electron chi connectivity index (χ3n) is 5.69. The van der Waals surface area contributed by atoms with E-state index in [0.717, 1.165) is 12.8 Å². The zero-order chi connectivity index (χ0) is 21.3. The summed E-state index contributed by atoms with van der Waals surface area (Å²) in [6.45, 7) is 7.72. The lowest BCUT2D eigenvalue weighted by molar-refractivity contribution is 0.0704. The molecule has 1 aliphatic heterocycles. The summed E-state index contributed by atoms with van der Waals surface area (Å²) in [5, 5.41) is 3.95. The third kappa shape index (κ3) is 4.13. The molecule has 3 aromatic rings. The van der Waals surface area contributed by atoms with E-state index in [0.29, 0.717) is 30.1 Å². The number of carbonyl (C=O) groups excluding carboxylic acids is 1. The van der Waals surface area contributed by atoms with Gasteiger partial charge in [-0.25, -0.2) is 4.39 Å². The standard InChI is InChI=1S/C24H26FN3O2/c1-24(2,3)18-10-8-17(9-11-18)23(29)28-14-12-16(13-15-28)22-26-21(27-30-22)19-6-4-5-7-20(19)25/h4-11,16H,12-15H2,1-3H3. The molecule has 4 rings (SSSR count). The van der Waals surface area contributed by atoms with Crippen molar-refractivity contribution in [3.8, 4) is 11.4 Å². The Bertz CT molecular complexity index is 1030. The Hall–Kier alpha value is -3.02. The quantitative estimate of drug-likeness (QED) is 0.599. The fourth-order valence-corrected chi connectivity index (χ4v) is 3.78. The number of hydrogen-bond donors (Lipinski definition) is 0. The zero-order valence-electron chi connectivity index (χ0n) is 17.6. The second kappa shape index (κ2) is 8.01. The first-order valence-corrected chi connectivity index (χ1v) is 10.3. The van der Waals surface area contributed by atoms with Crippen molar-refractivity contribution in [3.63, 3.8) is 0 Å². The highest BCUT2D eigenvalue weighted by molar-refractivity contribution is 5.94. The number of amides is 1. The van der Waals surface area contributed by atoms with Crippen LogP contribution in [0.1, 0.15) is 61.3 Å². The van der Waals surface area contributed by atoms with E-state index in [1.165, 1.54) is 11.6 Å². The minimum atomic E-state index is -0.372.